The molecule has 0 radical (unpaired) electrons. The van der Waals surface area contributed by atoms with Crippen molar-refractivity contribution in [2.75, 3.05) is 19.0 Å². The molecule has 1 aromatic carbocycles. The Labute approximate surface area is 94.5 Å². The van der Waals surface area contributed by atoms with Crippen LogP contribution in [0, 0.1) is 0 Å². The predicted molar refractivity (Wildman–Crippen MR) is 61.0 cm³/mol. The van der Waals surface area contributed by atoms with E-state index in [1.165, 1.54) is 11.8 Å². The van der Waals surface area contributed by atoms with Gasteiger partial charge < -0.3 is 0 Å². The molecule has 0 N–H and O–H groups in total. The Morgan fingerprint density at radius 3 is 2.50 bits per heavy atom. The van der Waals surface area contributed by atoms with Crippen LogP contribution in [0.3, 0.4) is 0 Å². The molecule has 1 aliphatic rings. The Kier molecular flexibility index (Phi) is 2.52. The van der Waals surface area contributed by atoms with E-state index in [2.05, 4.69) is 0 Å². The van der Waals surface area contributed by atoms with Crippen molar-refractivity contribution in [3.05, 3.63) is 29.8 Å². The van der Waals surface area contributed by atoms with Crippen LogP contribution in [0.2, 0.25) is 0 Å². The molecule has 4 heteroatoms. The van der Waals surface area contributed by atoms with Gasteiger partial charge in [0.2, 0.25) is 5.91 Å². The highest BCUT2D eigenvalue weighted by atomic mass is 16.2. The van der Waals surface area contributed by atoms with Crippen molar-refractivity contribution in [2.45, 2.75) is 13.0 Å². The number of amides is 2. The highest BCUT2D eigenvalue weighted by Gasteiger charge is 2.40. The number of hydrogen-bond donors (Lipinski definition) is 0. The lowest BCUT2D eigenvalue weighted by atomic mass is 10.1. The van der Waals surface area contributed by atoms with Crippen LogP contribution < -0.4 is 4.90 Å². The van der Waals surface area contributed by atoms with E-state index in [9.17, 15) is 9.59 Å². The first-order valence-electron chi connectivity index (χ1n) is 5.14. The highest BCUT2D eigenvalue weighted by Crippen LogP contribution is 2.37. The number of anilines is 1. The second-order valence-corrected chi connectivity index (χ2v) is 4.12. The zero-order valence-electron chi connectivity index (χ0n) is 9.60. The van der Waals surface area contributed by atoms with Gasteiger partial charge in [0.15, 0.2) is 0 Å². The van der Waals surface area contributed by atoms with Gasteiger partial charge in [-0.25, -0.2) is 4.90 Å². The van der Waals surface area contributed by atoms with E-state index in [-0.39, 0.29) is 17.9 Å². The Hall–Kier alpha value is -1.68. The van der Waals surface area contributed by atoms with Gasteiger partial charge in [-0.2, -0.15) is 0 Å². The van der Waals surface area contributed by atoms with Crippen LogP contribution in [-0.2, 0) is 9.59 Å². The van der Waals surface area contributed by atoms with Gasteiger partial charge in [0, 0.05) is 12.5 Å². The van der Waals surface area contributed by atoms with E-state index < -0.39 is 0 Å². The van der Waals surface area contributed by atoms with Gasteiger partial charge in [0.25, 0.3) is 5.91 Å². The number of nitrogens with zero attached hydrogens (tertiary/aromatic N) is 2. The van der Waals surface area contributed by atoms with Gasteiger partial charge in [0.05, 0.1) is 5.69 Å². The molecule has 0 aromatic heterocycles. The van der Waals surface area contributed by atoms with Gasteiger partial charge in [-0.15, -0.1) is 0 Å². The van der Waals surface area contributed by atoms with Crippen LogP contribution in [-0.4, -0.2) is 30.8 Å². The fraction of sp³-hybridized carbons (Fsp3) is 0.333. The zero-order valence-corrected chi connectivity index (χ0v) is 9.60. The molecule has 2 amide bonds. The normalized spacial score (nSPS) is 19.1. The van der Waals surface area contributed by atoms with Crippen molar-refractivity contribution in [3.63, 3.8) is 0 Å². The van der Waals surface area contributed by atoms with E-state index in [1.54, 1.807) is 6.07 Å². The molecular formula is C12H14N2O2. The molecule has 16 heavy (non-hydrogen) atoms. The molecule has 0 fully saturated rings. The van der Waals surface area contributed by atoms with Crippen LogP contribution >= 0.6 is 0 Å². The molecule has 1 aliphatic heterocycles. The number of likely N-dealkylation sites (N-methyl/N-ethyl adjacent to an activating group) is 1. The van der Waals surface area contributed by atoms with Gasteiger partial charge in [-0.3, -0.25) is 14.5 Å². The van der Waals surface area contributed by atoms with Crippen LogP contribution in [0.1, 0.15) is 18.5 Å². The third-order valence-electron chi connectivity index (χ3n) is 2.76. The second-order valence-electron chi connectivity index (χ2n) is 4.12. The molecule has 1 aromatic rings. The van der Waals surface area contributed by atoms with Crippen LogP contribution in [0.15, 0.2) is 24.3 Å². The average molecular weight is 218 g/mol. The maximum Gasteiger partial charge on any atom is 0.255 e. The quantitative estimate of drug-likeness (QED) is 0.710. The van der Waals surface area contributed by atoms with E-state index >= 15 is 0 Å². The first-order chi connectivity index (χ1) is 7.54. The van der Waals surface area contributed by atoms with Gasteiger partial charge in [-0.05, 0) is 20.2 Å². The van der Waals surface area contributed by atoms with Crippen LogP contribution in [0.5, 0.6) is 0 Å². The largest absolute Gasteiger partial charge is 0.294 e. The number of fused-ring (bicyclic) bond motifs is 1. The molecule has 0 aliphatic carbocycles. The Balaban J connectivity index is 2.57. The van der Waals surface area contributed by atoms with Crippen molar-refractivity contribution in [1.29, 1.82) is 0 Å². The third-order valence-corrected chi connectivity index (χ3v) is 2.76. The lowest BCUT2D eigenvalue weighted by Crippen LogP contribution is -2.37. The van der Waals surface area contributed by atoms with Gasteiger partial charge in [-0.1, -0.05) is 18.2 Å². The topological polar surface area (TPSA) is 40.6 Å². The number of benzene rings is 1. The summed E-state index contributed by atoms with van der Waals surface area (Å²) in [5.74, 6) is -0.402. The summed E-state index contributed by atoms with van der Waals surface area (Å²) in [5.41, 5.74) is 1.60. The molecule has 1 heterocycles. The third kappa shape index (κ3) is 1.42. The molecule has 4 nitrogen and oxygen atoms in total. The summed E-state index contributed by atoms with van der Waals surface area (Å²) in [6.45, 7) is 1.41. The predicted octanol–water partition coefficient (Wildman–Crippen LogP) is 1.18. The molecule has 2 rings (SSSR count). The first-order valence-corrected chi connectivity index (χ1v) is 5.14. The summed E-state index contributed by atoms with van der Waals surface area (Å²) < 4.78 is 0. The summed E-state index contributed by atoms with van der Waals surface area (Å²) >= 11 is 0. The minimum absolute atomic E-state index is 0.168. The zero-order chi connectivity index (χ0) is 11.9. The second kappa shape index (κ2) is 3.72. The van der Waals surface area contributed by atoms with Crippen LogP contribution in [0.4, 0.5) is 5.69 Å². The SMILES string of the molecule is CC(=O)N1C(=O)C(N(C)C)c2ccccc21. The number of carbonyl (C=O) groups is 2. The fourth-order valence-electron chi connectivity index (χ4n) is 2.12. The standard InChI is InChI=1S/C12H14N2O2/c1-8(15)14-10-7-5-4-6-9(10)11(12(14)16)13(2)3/h4-7,11H,1-3H3. The van der Waals surface area contributed by atoms with Crippen molar-refractivity contribution >= 4 is 17.5 Å². The monoisotopic (exact) mass is 218 g/mol. The number of rotatable bonds is 1. The minimum Gasteiger partial charge on any atom is -0.294 e. The maximum atomic E-state index is 12.1. The van der Waals surface area contributed by atoms with Crippen molar-refractivity contribution in [2.24, 2.45) is 0 Å². The maximum absolute atomic E-state index is 12.1. The smallest absolute Gasteiger partial charge is 0.255 e. The van der Waals surface area contributed by atoms with Crippen molar-refractivity contribution in [1.82, 2.24) is 4.90 Å². The van der Waals surface area contributed by atoms with Gasteiger partial charge >= 0.3 is 0 Å². The molecule has 1 atom stereocenters. The summed E-state index contributed by atoms with van der Waals surface area (Å²) in [7, 11) is 3.67. The van der Waals surface area contributed by atoms with Crippen molar-refractivity contribution < 1.29 is 9.59 Å². The summed E-state index contributed by atoms with van der Waals surface area (Å²) in [4.78, 5) is 26.7. The number of imide groups is 1. The molecule has 0 bridgehead atoms. The van der Waals surface area contributed by atoms with E-state index in [0.29, 0.717) is 5.69 Å². The van der Waals surface area contributed by atoms with Crippen molar-refractivity contribution in [3.8, 4) is 0 Å². The Morgan fingerprint density at radius 1 is 1.31 bits per heavy atom. The number of carbonyl (C=O) groups excluding carboxylic acids is 2. The number of hydrogen-bond acceptors (Lipinski definition) is 3. The molecular weight excluding hydrogens is 204 g/mol. The number of para-hydroxylation sites is 1. The van der Waals surface area contributed by atoms with Crippen LogP contribution in [0.25, 0.3) is 0 Å². The Bertz CT molecular complexity index is 454. The lowest BCUT2D eigenvalue weighted by Gasteiger charge is -2.18. The lowest BCUT2D eigenvalue weighted by molar-refractivity contribution is -0.127. The Morgan fingerprint density at radius 2 is 1.94 bits per heavy atom. The molecule has 1 unspecified atom stereocenters. The van der Waals surface area contributed by atoms with Gasteiger partial charge in [0.1, 0.15) is 6.04 Å². The molecule has 0 saturated heterocycles. The first kappa shape index (κ1) is 10.8. The minimum atomic E-state index is -0.347. The highest BCUT2D eigenvalue weighted by molar-refractivity contribution is 6.20. The fourth-order valence-corrected chi connectivity index (χ4v) is 2.12. The van der Waals surface area contributed by atoms with E-state index in [1.807, 2.05) is 37.2 Å². The molecule has 84 valence electrons. The summed E-state index contributed by atoms with van der Waals surface area (Å²) in [6, 6.07) is 7.06. The summed E-state index contributed by atoms with van der Waals surface area (Å²) in [6.07, 6.45) is 0. The molecule has 0 spiro atoms. The average Bonchev–Trinajstić information content (AvgIpc) is 2.49. The van der Waals surface area contributed by atoms with E-state index in [0.717, 1.165) is 5.56 Å². The van der Waals surface area contributed by atoms with E-state index in [4.69, 9.17) is 0 Å². The molecule has 0 saturated carbocycles. The summed E-state index contributed by atoms with van der Waals surface area (Å²) in [5, 5.41) is 0.